The van der Waals surface area contributed by atoms with Gasteiger partial charge >= 0.3 is 12.1 Å². The Morgan fingerprint density at radius 3 is 2.25 bits per heavy atom. The molecule has 126 valence electrons. The maximum absolute atomic E-state index is 12.8. The Morgan fingerprint density at radius 1 is 1.00 bits per heavy atom. The fourth-order valence-electron chi connectivity index (χ4n) is 1.83. The minimum atomic E-state index is -4.63. The van der Waals surface area contributed by atoms with Gasteiger partial charge in [-0.1, -0.05) is 12.1 Å². The van der Waals surface area contributed by atoms with Gasteiger partial charge in [-0.25, -0.2) is 9.18 Å². The lowest BCUT2D eigenvalue weighted by Crippen LogP contribution is -2.22. The molecule has 0 radical (unpaired) electrons. The molecular weight excluding hydrogens is 330 g/mol. The highest BCUT2D eigenvalue weighted by Crippen LogP contribution is 2.34. The van der Waals surface area contributed by atoms with E-state index in [1.54, 1.807) is 0 Å². The van der Waals surface area contributed by atoms with Crippen molar-refractivity contribution in [1.82, 2.24) is 0 Å². The van der Waals surface area contributed by atoms with Gasteiger partial charge in [0.05, 0.1) is 16.8 Å². The van der Waals surface area contributed by atoms with Crippen LogP contribution in [0.1, 0.15) is 15.9 Å². The SMILES string of the molecule is O=C(COC(=O)c1ccc(F)cc1)Nc1ccccc1C(F)(F)F. The molecule has 1 N–H and O–H groups in total. The minimum Gasteiger partial charge on any atom is -0.452 e. The smallest absolute Gasteiger partial charge is 0.418 e. The monoisotopic (exact) mass is 341 g/mol. The van der Waals surface area contributed by atoms with E-state index in [0.29, 0.717) is 0 Å². The molecule has 0 bridgehead atoms. The fraction of sp³-hybridized carbons (Fsp3) is 0.125. The Bertz CT molecular complexity index is 742. The van der Waals surface area contributed by atoms with Crippen molar-refractivity contribution in [2.24, 2.45) is 0 Å². The van der Waals surface area contributed by atoms with E-state index in [1.807, 2.05) is 5.32 Å². The summed E-state index contributed by atoms with van der Waals surface area (Å²) in [5.41, 5.74) is -1.43. The highest BCUT2D eigenvalue weighted by atomic mass is 19.4. The zero-order valence-electron chi connectivity index (χ0n) is 12.1. The highest BCUT2D eigenvalue weighted by Gasteiger charge is 2.33. The number of anilines is 1. The molecule has 0 aromatic heterocycles. The second-order valence-corrected chi connectivity index (χ2v) is 4.67. The normalized spacial score (nSPS) is 11.0. The number of para-hydroxylation sites is 1. The highest BCUT2D eigenvalue weighted by molar-refractivity contribution is 5.95. The number of esters is 1. The van der Waals surface area contributed by atoms with Crippen molar-refractivity contribution >= 4 is 17.6 Å². The molecule has 24 heavy (non-hydrogen) atoms. The largest absolute Gasteiger partial charge is 0.452 e. The van der Waals surface area contributed by atoms with Crippen molar-refractivity contribution in [3.8, 4) is 0 Å². The second-order valence-electron chi connectivity index (χ2n) is 4.67. The Kier molecular flexibility index (Phi) is 5.18. The number of carbonyl (C=O) groups is 2. The molecule has 0 saturated heterocycles. The molecule has 0 aliphatic heterocycles. The van der Waals surface area contributed by atoms with Gasteiger partial charge in [0.25, 0.3) is 5.91 Å². The van der Waals surface area contributed by atoms with E-state index >= 15 is 0 Å². The minimum absolute atomic E-state index is 0.0138. The average Bonchev–Trinajstić information content (AvgIpc) is 2.53. The van der Waals surface area contributed by atoms with E-state index in [2.05, 4.69) is 4.74 Å². The van der Waals surface area contributed by atoms with Crippen LogP contribution in [-0.2, 0) is 15.7 Å². The molecule has 2 rings (SSSR count). The molecule has 0 saturated carbocycles. The molecule has 2 aromatic rings. The Labute approximate surface area is 134 Å². The van der Waals surface area contributed by atoms with E-state index in [9.17, 15) is 27.2 Å². The Morgan fingerprint density at radius 2 is 1.62 bits per heavy atom. The van der Waals surface area contributed by atoms with Crippen LogP contribution in [0.25, 0.3) is 0 Å². The van der Waals surface area contributed by atoms with Gasteiger partial charge in [0.15, 0.2) is 6.61 Å². The maximum Gasteiger partial charge on any atom is 0.418 e. The summed E-state index contributed by atoms with van der Waals surface area (Å²) in [5.74, 6) is -2.37. The average molecular weight is 341 g/mol. The molecule has 1 amide bonds. The van der Waals surface area contributed by atoms with Gasteiger partial charge in [-0.05, 0) is 36.4 Å². The standard InChI is InChI=1S/C16H11F4NO3/c17-11-7-5-10(6-8-11)15(23)24-9-14(22)21-13-4-2-1-3-12(13)16(18,19)20/h1-8H,9H2,(H,21,22). The summed E-state index contributed by atoms with van der Waals surface area (Å²) in [6.45, 7) is -0.775. The molecule has 2 aromatic carbocycles. The van der Waals surface area contributed by atoms with Crippen LogP contribution in [0, 0.1) is 5.82 Å². The van der Waals surface area contributed by atoms with Crippen LogP contribution in [0.5, 0.6) is 0 Å². The molecule has 0 aliphatic rings. The lowest BCUT2D eigenvalue weighted by molar-refractivity contribution is -0.137. The van der Waals surface area contributed by atoms with Crippen LogP contribution in [0.2, 0.25) is 0 Å². The number of nitrogens with one attached hydrogen (secondary N) is 1. The summed E-state index contributed by atoms with van der Waals surface area (Å²) in [5, 5.41) is 2.04. The van der Waals surface area contributed by atoms with Crippen LogP contribution in [-0.4, -0.2) is 18.5 Å². The number of ether oxygens (including phenoxy) is 1. The first-order valence-electron chi connectivity index (χ1n) is 6.66. The molecule has 0 unspecified atom stereocenters. The van der Waals surface area contributed by atoms with Crippen LogP contribution < -0.4 is 5.32 Å². The molecule has 4 nitrogen and oxygen atoms in total. The quantitative estimate of drug-likeness (QED) is 0.682. The van der Waals surface area contributed by atoms with Gasteiger partial charge in [0.1, 0.15) is 5.82 Å². The summed E-state index contributed by atoms with van der Waals surface area (Å²) in [6.07, 6.45) is -4.63. The lowest BCUT2D eigenvalue weighted by Gasteiger charge is -2.13. The van der Waals surface area contributed by atoms with Gasteiger partial charge in [-0.2, -0.15) is 13.2 Å². The van der Waals surface area contributed by atoms with E-state index in [0.717, 1.165) is 36.4 Å². The van der Waals surface area contributed by atoms with Crippen molar-refractivity contribution in [1.29, 1.82) is 0 Å². The van der Waals surface area contributed by atoms with Gasteiger partial charge in [-0.15, -0.1) is 0 Å². The van der Waals surface area contributed by atoms with Gasteiger partial charge < -0.3 is 10.1 Å². The van der Waals surface area contributed by atoms with Crippen molar-refractivity contribution in [2.45, 2.75) is 6.18 Å². The first-order valence-corrected chi connectivity index (χ1v) is 6.66. The first-order chi connectivity index (χ1) is 11.3. The van der Waals surface area contributed by atoms with E-state index in [4.69, 9.17) is 0 Å². The number of benzene rings is 2. The lowest BCUT2D eigenvalue weighted by atomic mass is 10.1. The summed E-state index contributed by atoms with van der Waals surface area (Å²) in [7, 11) is 0. The second kappa shape index (κ2) is 7.12. The number of rotatable bonds is 4. The summed E-state index contributed by atoms with van der Waals surface area (Å²) in [6, 6.07) is 8.82. The number of alkyl halides is 3. The predicted octanol–water partition coefficient (Wildman–Crippen LogP) is 3.64. The van der Waals surface area contributed by atoms with Crippen molar-refractivity contribution < 1.29 is 31.9 Å². The van der Waals surface area contributed by atoms with Crippen LogP contribution in [0.4, 0.5) is 23.2 Å². The summed E-state index contributed by atoms with van der Waals surface area (Å²) < 4.78 is 55.8. The number of halogens is 4. The van der Waals surface area contributed by atoms with Gasteiger partial charge in [-0.3, -0.25) is 4.79 Å². The third-order valence-corrected chi connectivity index (χ3v) is 2.92. The zero-order chi connectivity index (χ0) is 17.7. The van der Waals surface area contributed by atoms with Crippen LogP contribution >= 0.6 is 0 Å². The van der Waals surface area contributed by atoms with E-state index < -0.39 is 41.7 Å². The van der Waals surface area contributed by atoms with Crippen molar-refractivity contribution in [3.05, 3.63) is 65.5 Å². The number of carbonyl (C=O) groups excluding carboxylic acids is 2. The van der Waals surface area contributed by atoms with Crippen LogP contribution in [0.15, 0.2) is 48.5 Å². The zero-order valence-corrected chi connectivity index (χ0v) is 12.1. The summed E-state index contributed by atoms with van der Waals surface area (Å²) in [4.78, 5) is 23.3. The third kappa shape index (κ3) is 4.55. The molecule has 0 heterocycles. The van der Waals surface area contributed by atoms with E-state index in [-0.39, 0.29) is 5.56 Å². The Hall–Kier alpha value is -2.90. The van der Waals surface area contributed by atoms with Crippen molar-refractivity contribution in [3.63, 3.8) is 0 Å². The van der Waals surface area contributed by atoms with Gasteiger partial charge in [0.2, 0.25) is 0 Å². The number of hydrogen-bond donors (Lipinski definition) is 1. The first kappa shape index (κ1) is 17.5. The van der Waals surface area contributed by atoms with Gasteiger partial charge in [0, 0.05) is 0 Å². The molecular formula is C16H11F4NO3. The number of amides is 1. The van der Waals surface area contributed by atoms with Crippen LogP contribution in [0.3, 0.4) is 0 Å². The predicted molar refractivity (Wildman–Crippen MR) is 76.8 cm³/mol. The Balaban J connectivity index is 1.97. The maximum atomic E-state index is 12.8. The van der Waals surface area contributed by atoms with Crippen molar-refractivity contribution in [2.75, 3.05) is 11.9 Å². The molecule has 0 aliphatic carbocycles. The third-order valence-electron chi connectivity index (χ3n) is 2.92. The molecule has 0 spiro atoms. The summed E-state index contributed by atoms with van der Waals surface area (Å²) >= 11 is 0. The number of hydrogen-bond acceptors (Lipinski definition) is 3. The fourth-order valence-corrected chi connectivity index (χ4v) is 1.83. The molecule has 0 atom stereocenters. The van der Waals surface area contributed by atoms with E-state index in [1.165, 1.54) is 12.1 Å². The molecule has 0 fully saturated rings. The molecule has 8 heteroatoms. The topological polar surface area (TPSA) is 55.4 Å².